The highest BCUT2D eigenvalue weighted by Gasteiger charge is 2.23. The van der Waals surface area contributed by atoms with Crippen molar-refractivity contribution in [2.24, 2.45) is 0 Å². The number of benzene rings is 1. The molecule has 0 spiro atoms. The molecule has 2 N–H and O–H groups in total. The molecule has 1 aliphatic heterocycles. The van der Waals surface area contributed by atoms with Gasteiger partial charge in [0.2, 0.25) is 5.91 Å². The van der Waals surface area contributed by atoms with E-state index in [9.17, 15) is 4.79 Å². The number of amides is 1. The number of nitrogens with zero attached hydrogens (tertiary/aromatic N) is 1. The predicted molar refractivity (Wildman–Crippen MR) is 91.7 cm³/mol. The molecule has 1 aromatic carbocycles. The van der Waals surface area contributed by atoms with Crippen LogP contribution >= 0.6 is 11.3 Å². The Morgan fingerprint density at radius 3 is 2.95 bits per heavy atom. The largest absolute Gasteiger partial charge is 0.387 e. The van der Waals surface area contributed by atoms with Crippen LogP contribution < -0.4 is 10.6 Å². The van der Waals surface area contributed by atoms with Gasteiger partial charge in [-0.2, -0.15) is 11.3 Å². The summed E-state index contributed by atoms with van der Waals surface area (Å²) in [5.41, 5.74) is 4.24. The van der Waals surface area contributed by atoms with E-state index in [0.29, 0.717) is 0 Å². The number of nitrogens with one attached hydrogen (secondary N) is 2. The van der Waals surface area contributed by atoms with Gasteiger partial charge in [0.1, 0.15) is 6.04 Å². The van der Waals surface area contributed by atoms with E-state index in [-0.39, 0.29) is 11.9 Å². The SMILES string of the molecule is CN(C)[C@@H](C(=O)Nc1ccc2c(c1)C=CNC2)c1ccsc1. The Kier molecular flexibility index (Phi) is 4.27. The Morgan fingerprint density at radius 1 is 1.36 bits per heavy atom. The molecule has 0 radical (unpaired) electrons. The Labute approximate surface area is 134 Å². The summed E-state index contributed by atoms with van der Waals surface area (Å²) in [7, 11) is 3.84. The number of anilines is 1. The number of carbonyl (C=O) groups excluding carboxylic acids is 1. The van der Waals surface area contributed by atoms with Crippen molar-refractivity contribution >= 4 is 29.0 Å². The minimum atomic E-state index is -0.278. The van der Waals surface area contributed by atoms with Crippen molar-refractivity contribution in [2.45, 2.75) is 12.6 Å². The molecular formula is C17H19N3OS. The van der Waals surface area contributed by atoms with E-state index in [0.717, 1.165) is 23.4 Å². The highest BCUT2D eigenvalue weighted by molar-refractivity contribution is 7.08. The maximum atomic E-state index is 12.6. The fraction of sp³-hybridized carbons (Fsp3) is 0.235. The van der Waals surface area contributed by atoms with E-state index in [1.54, 1.807) is 11.3 Å². The van der Waals surface area contributed by atoms with Crippen molar-refractivity contribution in [2.75, 3.05) is 19.4 Å². The lowest BCUT2D eigenvalue weighted by Crippen LogP contribution is -2.32. The first-order valence-electron chi connectivity index (χ1n) is 7.17. The zero-order valence-corrected chi connectivity index (χ0v) is 13.5. The minimum absolute atomic E-state index is 0.0127. The number of thiophene rings is 1. The smallest absolute Gasteiger partial charge is 0.246 e. The highest BCUT2D eigenvalue weighted by atomic mass is 32.1. The minimum Gasteiger partial charge on any atom is -0.387 e. The quantitative estimate of drug-likeness (QED) is 0.912. The lowest BCUT2D eigenvalue weighted by atomic mass is 10.0. The van der Waals surface area contributed by atoms with Crippen molar-refractivity contribution in [1.29, 1.82) is 0 Å². The van der Waals surface area contributed by atoms with E-state index in [1.165, 1.54) is 5.56 Å². The number of carbonyl (C=O) groups is 1. The van der Waals surface area contributed by atoms with Gasteiger partial charge in [-0.05, 0) is 72.0 Å². The second-order valence-corrected chi connectivity index (χ2v) is 6.32. The molecule has 1 aliphatic rings. The number of fused-ring (bicyclic) bond motifs is 1. The van der Waals surface area contributed by atoms with E-state index in [2.05, 4.69) is 16.7 Å². The summed E-state index contributed by atoms with van der Waals surface area (Å²) in [5.74, 6) is -0.0127. The van der Waals surface area contributed by atoms with Gasteiger partial charge in [-0.1, -0.05) is 6.07 Å². The maximum absolute atomic E-state index is 12.6. The van der Waals surface area contributed by atoms with Crippen molar-refractivity contribution in [3.05, 3.63) is 57.9 Å². The van der Waals surface area contributed by atoms with Crippen molar-refractivity contribution < 1.29 is 4.79 Å². The fourth-order valence-electron chi connectivity index (χ4n) is 2.63. The van der Waals surface area contributed by atoms with Gasteiger partial charge in [0.15, 0.2) is 0 Å². The molecule has 2 aromatic rings. The molecule has 5 heteroatoms. The predicted octanol–water partition coefficient (Wildman–Crippen LogP) is 3.06. The van der Waals surface area contributed by atoms with E-state index >= 15 is 0 Å². The molecule has 0 bridgehead atoms. The Bertz CT molecular complexity index is 692. The molecule has 0 saturated carbocycles. The molecule has 3 rings (SSSR count). The van der Waals surface area contributed by atoms with Crippen molar-refractivity contribution in [3.63, 3.8) is 0 Å². The first kappa shape index (κ1) is 14.8. The van der Waals surface area contributed by atoms with Crippen LogP contribution in [0.1, 0.15) is 22.7 Å². The standard InChI is InChI=1S/C17H19N3OS/c1-20(2)16(14-6-8-22-11-14)17(21)19-15-4-3-13-10-18-7-5-12(13)9-15/h3-9,11,16,18H,10H2,1-2H3,(H,19,21)/t16-/m1/s1. The average molecular weight is 313 g/mol. The van der Waals surface area contributed by atoms with Crippen LogP contribution in [0.3, 0.4) is 0 Å². The molecule has 0 unspecified atom stereocenters. The first-order valence-corrected chi connectivity index (χ1v) is 8.11. The summed E-state index contributed by atoms with van der Waals surface area (Å²) in [6, 6.07) is 7.75. The maximum Gasteiger partial charge on any atom is 0.246 e. The van der Waals surface area contributed by atoms with Crippen LogP contribution in [0.25, 0.3) is 6.08 Å². The van der Waals surface area contributed by atoms with Gasteiger partial charge in [0.05, 0.1) is 0 Å². The average Bonchev–Trinajstić information content (AvgIpc) is 3.00. The van der Waals surface area contributed by atoms with E-state index in [1.807, 2.05) is 60.2 Å². The number of rotatable bonds is 4. The van der Waals surface area contributed by atoms with Crippen LogP contribution in [-0.2, 0) is 11.3 Å². The van der Waals surface area contributed by atoms with Gasteiger partial charge in [-0.25, -0.2) is 0 Å². The molecule has 1 atom stereocenters. The molecule has 1 aromatic heterocycles. The lowest BCUT2D eigenvalue weighted by Gasteiger charge is -2.23. The fourth-order valence-corrected chi connectivity index (χ4v) is 3.31. The van der Waals surface area contributed by atoms with Crippen LogP contribution in [0.2, 0.25) is 0 Å². The third-order valence-corrected chi connectivity index (χ3v) is 4.41. The normalized spacial score (nSPS) is 14.3. The summed E-state index contributed by atoms with van der Waals surface area (Å²) in [4.78, 5) is 14.6. The third-order valence-electron chi connectivity index (χ3n) is 3.71. The summed E-state index contributed by atoms with van der Waals surface area (Å²) >= 11 is 1.60. The van der Waals surface area contributed by atoms with Gasteiger partial charge in [-0.15, -0.1) is 0 Å². The van der Waals surface area contributed by atoms with Crippen molar-refractivity contribution in [3.8, 4) is 0 Å². The van der Waals surface area contributed by atoms with Crippen LogP contribution in [0.15, 0.2) is 41.2 Å². The summed E-state index contributed by atoms with van der Waals surface area (Å²) in [6.07, 6.45) is 3.96. The molecule has 0 fully saturated rings. The summed E-state index contributed by atoms with van der Waals surface area (Å²) in [5, 5.41) is 10.2. The molecule has 0 saturated heterocycles. The highest BCUT2D eigenvalue weighted by Crippen LogP contribution is 2.24. The monoisotopic (exact) mass is 313 g/mol. The van der Waals surface area contributed by atoms with Gasteiger partial charge < -0.3 is 10.6 Å². The number of hydrogen-bond donors (Lipinski definition) is 2. The first-order chi connectivity index (χ1) is 10.6. The Balaban J connectivity index is 1.80. The summed E-state index contributed by atoms with van der Waals surface area (Å²) < 4.78 is 0. The van der Waals surface area contributed by atoms with Crippen LogP contribution in [-0.4, -0.2) is 24.9 Å². The Morgan fingerprint density at radius 2 is 2.23 bits per heavy atom. The molecule has 114 valence electrons. The second kappa shape index (κ2) is 6.34. The summed E-state index contributed by atoms with van der Waals surface area (Å²) in [6.45, 7) is 0.829. The zero-order valence-electron chi connectivity index (χ0n) is 12.7. The third kappa shape index (κ3) is 3.05. The zero-order chi connectivity index (χ0) is 15.5. The molecule has 1 amide bonds. The van der Waals surface area contributed by atoms with Crippen LogP contribution in [0, 0.1) is 0 Å². The lowest BCUT2D eigenvalue weighted by molar-refractivity contribution is -0.120. The molecule has 2 heterocycles. The van der Waals surface area contributed by atoms with Gasteiger partial charge in [-0.3, -0.25) is 9.69 Å². The number of hydrogen-bond acceptors (Lipinski definition) is 4. The second-order valence-electron chi connectivity index (χ2n) is 5.54. The van der Waals surface area contributed by atoms with E-state index in [4.69, 9.17) is 0 Å². The molecule has 0 aliphatic carbocycles. The molecule has 22 heavy (non-hydrogen) atoms. The number of likely N-dealkylation sites (N-methyl/N-ethyl adjacent to an activating group) is 1. The molecular weight excluding hydrogens is 294 g/mol. The Hall–Kier alpha value is -2.11. The topological polar surface area (TPSA) is 44.4 Å². The van der Waals surface area contributed by atoms with Gasteiger partial charge >= 0.3 is 0 Å². The van der Waals surface area contributed by atoms with E-state index < -0.39 is 0 Å². The van der Waals surface area contributed by atoms with Crippen LogP contribution in [0.5, 0.6) is 0 Å². The van der Waals surface area contributed by atoms with Gasteiger partial charge in [0, 0.05) is 12.2 Å². The van der Waals surface area contributed by atoms with Crippen molar-refractivity contribution in [1.82, 2.24) is 10.2 Å². The van der Waals surface area contributed by atoms with Gasteiger partial charge in [0.25, 0.3) is 0 Å². The molecule has 4 nitrogen and oxygen atoms in total. The van der Waals surface area contributed by atoms with Crippen LogP contribution in [0.4, 0.5) is 5.69 Å².